The van der Waals surface area contributed by atoms with Crippen LogP contribution in [0.4, 0.5) is 0 Å². The van der Waals surface area contributed by atoms with Crippen molar-refractivity contribution >= 4 is 10.9 Å². The van der Waals surface area contributed by atoms with Crippen LogP contribution in [-0.2, 0) is 13.1 Å². The van der Waals surface area contributed by atoms with E-state index in [1.54, 1.807) is 0 Å². The smallest absolute Gasteiger partial charge is 0.149 e. The summed E-state index contributed by atoms with van der Waals surface area (Å²) in [5.74, 6) is 7.49. The lowest BCUT2D eigenvalue weighted by Crippen LogP contribution is -2.31. The molecule has 0 spiro atoms. The molecule has 0 saturated carbocycles. The maximum Gasteiger partial charge on any atom is 0.149 e. The Morgan fingerprint density at radius 3 is 2.90 bits per heavy atom. The molecule has 1 atom stereocenters. The second-order valence-corrected chi connectivity index (χ2v) is 7.93. The number of aliphatic hydroxyl groups excluding tert-OH is 1. The van der Waals surface area contributed by atoms with Crippen LogP contribution in [0.15, 0.2) is 28.9 Å². The monoisotopic (exact) mass is 407 g/mol. The largest absolute Gasteiger partial charge is 0.481 e. The number of aryl methyl sites for hydroxylation is 2. The van der Waals surface area contributed by atoms with Crippen LogP contribution in [0.25, 0.3) is 10.9 Å². The molecule has 1 aromatic carbocycles. The van der Waals surface area contributed by atoms with Crippen molar-refractivity contribution in [2.75, 3.05) is 19.8 Å². The predicted molar refractivity (Wildman–Crippen MR) is 116 cm³/mol. The van der Waals surface area contributed by atoms with E-state index < -0.39 is 0 Å². The Morgan fingerprint density at radius 1 is 1.30 bits per heavy atom. The summed E-state index contributed by atoms with van der Waals surface area (Å²) in [6.07, 6.45) is 4.41. The number of ether oxygens (including phenoxy) is 1. The molecular weight excluding hydrogens is 378 g/mol. The van der Waals surface area contributed by atoms with Crippen LogP contribution >= 0.6 is 0 Å². The molecule has 1 aliphatic heterocycles. The van der Waals surface area contributed by atoms with E-state index >= 15 is 0 Å². The molecular formula is C24H29N3O3. The molecule has 4 rings (SSSR count). The molecule has 158 valence electrons. The summed E-state index contributed by atoms with van der Waals surface area (Å²) in [4.78, 5) is 2.38. The molecule has 0 amide bonds. The standard InChI is InChI=1S/C24H29N3O3/c1-4-5-11-29-21-8-9-24-22(12-21)19(13-26-10-6-7-20(26)16-28)14-27(24)15-23-17(2)25-30-18(23)3/h8-9,12,14,20,28H,6-7,10-11,13,15-16H2,1-3H3/t20-/m0/s1. The summed E-state index contributed by atoms with van der Waals surface area (Å²) < 4.78 is 13.4. The van der Waals surface area contributed by atoms with Gasteiger partial charge in [0.1, 0.15) is 18.1 Å². The highest BCUT2D eigenvalue weighted by Gasteiger charge is 2.25. The molecule has 2 aromatic heterocycles. The molecule has 3 heterocycles. The molecule has 6 heteroatoms. The lowest BCUT2D eigenvalue weighted by atomic mass is 10.1. The van der Waals surface area contributed by atoms with Gasteiger partial charge in [-0.1, -0.05) is 11.1 Å². The summed E-state index contributed by atoms with van der Waals surface area (Å²) >= 11 is 0. The Balaban J connectivity index is 1.71. The third-order valence-corrected chi connectivity index (χ3v) is 6.02. The summed E-state index contributed by atoms with van der Waals surface area (Å²) in [5.41, 5.74) is 4.43. The quantitative estimate of drug-likeness (QED) is 0.606. The van der Waals surface area contributed by atoms with Crippen LogP contribution in [-0.4, -0.2) is 45.5 Å². The minimum Gasteiger partial charge on any atom is -0.481 e. The van der Waals surface area contributed by atoms with E-state index in [1.165, 1.54) is 10.9 Å². The van der Waals surface area contributed by atoms with E-state index in [0.717, 1.165) is 54.2 Å². The fourth-order valence-corrected chi connectivity index (χ4v) is 4.32. The molecule has 0 unspecified atom stereocenters. The number of benzene rings is 1. The average Bonchev–Trinajstić information content (AvgIpc) is 3.43. The maximum absolute atomic E-state index is 9.73. The van der Waals surface area contributed by atoms with E-state index in [2.05, 4.69) is 44.8 Å². The van der Waals surface area contributed by atoms with Crippen LogP contribution in [0, 0.1) is 25.7 Å². The van der Waals surface area contributed by atoms with Crippen molar-refractivity contribution in [3.05, 3.63) is 47.0 Å². The van der Waals surface area contributed by atoms with Gasteiger partial charge < -0.3 is 18.9 Å². The fraction of sp³-hybridized carbons (Fsp3) is 0.458. The highest BCUT2D eigenvalue weighted by Crippen LogP contribution is 2.30. The Hall–Kier alpha value is -2.75. The lowest BCUT2D eigenvalue weighted by molar-refractivity contribution is 0.154. The van der Waals surface area contributed by atoms with E-state index in [0.29, 0.717) is 13.2 Å². The van der Waals surface area contributed by atoms with Gasteiger partial charge in [-0.15, -0.1) is 5.92 Å². The van der Waals surface area contributed by atoms with Gasteiger partial charge >= 0.3 is 0 Å². The SMILES string of the molecule is CC#CCOc1ccc2c(c1)c(CN1CCC[C@H]1CO)cn2Cc1c(C)noc1C. The first kappa shape index (κ1) is 20.5. The molecule has 0 radical (unpaired) electrons. The van der Waals surface area contributed by atoms with Gasteiger partial charge in [-0.25, -0.2) is 0 Å². The number of fused-ring (bicyclic) bond motifs is 1. The zero-order valence-electron chi connectivity index (χ0n) is 17.9. The average molecular weight is 408 g/mol. The zero-order chi connectivity index (χ0) is 21.1. The summed E-state index contributed by atoms with van der Waals surface area (Å²) in [5, 5.41) is 15.0. The number of aliphatic hydroxyl groups is 1. The first-order chi connectivity index (χ1) is 14.6. The summed E-state index contributed by atoms with van der Waals surface area (Å²) in [6, 6.07) is 6.46. The van der Waals surface area contributed by atoms with Gasteiger partial charge in [0.15, 0.2) is 0 Å². The lowest BCUT2D eigenvalue weighted by Gasteiger charge is -2.22. The van der Waals surface area contributed by atoms with Crippen molar-refractivity contribution in [1.82, 2.24) is 14.6 Å². The van der Waals surface area contributed by atoms with Gasteiger partial charge in [-0.05, 0) is 63.9 Å². The van der Waals surface area contributed by atoms with Gasteiger partial charge in [0.05, 0.1) is 18.8 Å². The highest BCUT2D eigenvalue weighted by atomic mass is 16.5. The predicted octanol–water partition coefficient (Wildman–Crippen LogP) is 3.65. The first-order valence-corrected chi connectivity index (χ1v) is 10.5. The van der Waals surface area contributed by atoms with Gasteiger partial charge in [0.25, 0.3) is 0 Å². The van der Waals surface area contributed by atoms with Crippen molar-refractivity contribution < 1.29 is 14.4 Å². The van der Waals surface area contributed by atoms with Gasteiger partial charge in [0, 0.05) is 35.2 Å². The number of likely N-dealkylation sites (tertiary alicyclic amines) is 1. The molecule has 0 bridgehead atoms. The summed E-state index contributed by atoms with van der Waals surface area (Å²) in [7, 11) is 0. The van der Waals surface area contributed by atoms with Crippen molar-refractivity contribution in [1.29, 1.82) is 0 Å². The van der Waals surface area contributed by atoms with Crippen LogP contribution in [0.5, 0.6) is 5.75 Å². The molecule has 1 aliphatic rings. The normalized spacial score (nSPS) is 16.7. The molecule has 0 aliphatic carbocycles. The van der Waals surface area contributed by atoms with Crippen LogP contribution in [0.2, 0.25) is 0 Å². The summed E-state index contributed by atoms with van der Waals surface area (Å²) in [6.45, 7) is 8.89. The topological polar surface area (TPSA) is 63.7 Å². The van der Waals surface area contributed by atoms with Crippen LogP contribution < -0.4 is 4.74 Å². The Bertz CT molecular complexity index is 1070. The number of hydrogen-bond acceptors (Lipinski definition) is 5. The minimum absolute atomic E-state index is 0.210. The molecule has 1 N–H and O–H groups in total. The Labute approximate surface area is 177 Å². The van der Waals surface area contributed by atoms with E-state index in [4.69, 9.17) is 9.26 Å². The molecule has 6 nitrogen and oxygen atoms in total. The first-order valence-electron chi connectivity index (χ1n) is 10.5. The molecule has 1 saturated heterocycles. The van der Waals surface area contributed by atoms with Crippen LogP contribution in [0.3, 0.4) is 0 Å². The van der Waals surface area contributed by atoms with Crippen molar-refractivity contribution in [3.63, 3.8) is 0 Å². The second-order valence-electron chi connectivity index (χ2n) is 7.93. The Kier molecular flexibility index (Phi) is 6.12. The molecule has 30 heavy (non-hydrogen) atoms. The number of aromatic nitrogens is 2. The van der Waals surface area contributed by atoms with Crippen molar-refractivity contribution in [2.24, 2.45) is 0 Å². The minimum atomic E-state index is 0.210. The van der Waals surface area contributed by atoms with Gasteiger partial charge in [0.2, 0.25) is 0 Å². The number of hydrogen-bond donors (Lipinski definition) is 1. The fourth-order valence-electron chi connectivity index (χ4n) is 4.32. The molecule has 1 fully saturated rings. The van der Waals surface area contributed by atoms with E-state index in [9.17, 15) is 5.11 Å². The van der Waals surface area contributed by atoms with Crippen molar-refractivity contribution in [3.8, 4) is 17.6 Å². The third kappa shape index (κ3) is 4.09. The van der Waals surface area contributed by atoms with Crippen molar-refractivity contribution in [2.45, 2.75) is 52.7 Å². The molecule has 3 aromatic rings. The number of rotatable bonds is 7. The zero-order valence-corrected chi connectivity index (χ0v) is 17.9. The van der Waals surface area contributed by atoms with Crippen LogP contribution in [0.1, 0.15) is 42.3 Å². The van der Waals surface area contributed by atoms with E-state index in [-0.39, 0.29) is 12.6 Å². The maximum atomic E-state index is 9.73. The number of nitrogens with zero attached hydrogens (tertiary/aromatic N) is 3. The third-order valence-electron chi connectivity index (χ3n) is 6.02. The van der Waals surface area contributed by atoms with Gasteiger partial charge in [-0.2, -0.15) is 0 Å². The Morgan fingerprint density at radius 2 is 2.17 bits per heavy atom. The van der Waals surface area contributed by atoms with Gasteiger partial charge in [-0.3, -0.25) is 4.90 Å². The second kappa shape index (κ2) is 8.95. The van der Waals surface area contributed by atoms with E-state index in [1.807, 2.05) is 26.8 Å². The highest BCUT2D eigenvalue weighted by molar-refractivity contribution is 5.85.